The molecule has 0 aliphatic heterocycles. The molecule has 26 heavy (non-hydrogen) atoms. The summed E-state index contributed by atoms with van der Waals surface area (Å²) in [7, 11) is 0. The highest BCUT2D eigenvalue weighted by molar-refractivity contribution is 9.10. The number of benzene rings is 1. The first-order valence-corrected chi connectivity index (χ1v) is 8.25. The van der Waals surface area contributed by atoms with E-state index in [2.05, 4.69) is 26.5 Å². The van der Waals surface area contributed by atoms with Gasteiger partial charge in [-0.2, -0.15) is 9.67 Å². The number of amides is 1. The lowest BCUT2D eigenvalue weighted by molar-refractivity contribution is -0.686. The molecule has 2 N–H and O–H groups in total. The molecular weight excluding hydrogens is 470 g/mol. The van der Waals surface area contributed by atoms with Gasteiger partial charge in [0.05, 0.1) is 18.4 Å². The zero-order valence-electron chi connectivity index (χ0n) is 13.9. The van der Waals surface area contributed by atoms with Gasteiger partial charge in [0, 0.05) is 22.2 Å². The van der Waals surface area contributed by atoms with Crippen LogP contribution in [0.4, 0.5) is 0 Å². The van der Waals surface area contributed by atoms with E-state index in [-0.39, 0.29) is 35.2 Å². The number of aromatic hydroxyl groups is 1. The maximum Gasteiger partial charge on any atom is 0.372 e. The zero-order chi connectivity index (χ0) is 18.2. The lowest BCUT2D eigenvalue weighted by Crippen LogP contribution is -3.00. The number of phenolic OH excluding ortho intramolecular Hbond substituents is 1. The number of halogens is 2. The predicted octanol–water partition coefficient (Wildman–Crippen LogP) is -1.23. The van der Waals surface area contributed by atoms with Crippen molar-refractivity contribution < 1.29 is 41.0 Å². The third-order valence-corrected chi connectivity index (χ3v) is 3.62. The van der Waals surface area contributed by atoms with Gasteiger partial charge in [0.2, 0.25) is 6.54 Å². The summed E-state index contributed by atoms with van der Waals surface area (Å²) in [5, 5.41) is 13.5. The molecule has 7 nitrogen and oxygen atoms in total. The number of pyridine rings is 1. The van der Waals surface area contributed by atoms with Crippen LogP contribution in [-0.2, 0) is 16.1 Å². The first-order chi connectivity index (χ1) is 12.0. The van der Waals surface area contributed by atoms with Crippen molar-refractivity contribution in [3.8, 4) is 5.75 Å². The summed E-state index contributed by atoms with van der Waals surface area (Å²) in [5.41, 5.74) is 3.23. The molecule has 9 heteroatoms. The Bertz CT molecular complexity index is 795. The molecule has 2 aromatic rings. The maximum absolute atomic E-state index is 12.0. The Kier molecular flexibility index (Phi) is 8.94. The van der Waals surface area contributed by atoms with Gasteiger partial charge >= 0.3 is 5.97 Å². The fourth-order valence-corrected chi connectivity index (χ4v) is 2.30. The van der Waals surface area contributed by atoms with Crippen molar-refractivity contribution >= 4 is 34.0 Å². The molecule has 0 aliphatic rings. The molecule has 0 fully saturated rings. The second kappa shape index (κ2) is 10.7. The van der Waals surface area contributed by atoms with E-state index in [1.54, 1.807) is 48.1 Å². The summed E-state index contributed by atoms with van der Waals surface area (Å²) in [5.74, 6) is -0.696. The molecule has 0 spiro atoms. The minimum atomic E-state index is -0.408. The van der Waals surface area contributed by atoms with E-state index < -0.39 is 5.91 Å². The normalized spacial score (nSPS) is 10.2. The molecule has 2 rings (SSSR count). The van der Waals surface area contributed by atoms with Crippen LogP contribution in [0.3, 0.4) is 0 Å². The lowest BCUT2D eigenvalue weighted by atomic mass is 10.2. The molecule has 0 radical (unpaired) electrons. The Morgan fingerprint density at radius 1 is 1.31 bits per heavy atom. The van der Waals surface area contributed by atoms with Gasteiger partial charge in [-0.15, -0.1) is 0 Å². The number of carbonyl (C=O) groups excluding carboxylic acids is 2. The van der Waals surface area contributed by atoms with Gasteiger partial charge in [0.25, 0.3) is 5.91 Å². The molecule has 0 bridgehead atoms. The highest BCUT2D eigenvalue weighted by Gasteiger charge is 2.12. The fourth-order valence-electron chi connectivity index (χ4n) is 1.92. The monoisotopic (exact) mass is 485 g/mol. The van der Waals surface area contributed by atoms with Crippen molar-refractivity contribution in [2.45, 2.75) is 13.5 Å². The topological polar surface area (TPSA) is 91.9 Å². The van der Waals surface area contributed by atoms with Crippen LogP contribution in [0, 0.1) is 0 Å². The van der Waals surface area contributed by atoms with Crippen LogP contribution in [0.2, 0.25) is 0 Å². The second-order valence-corrected chi connectivity index (χ2v) is 5.88. The molecule has 1 aromatic carbocycles. The number of rotatable bonds is 6. The number of phenols is 1. The van der Waals surface area contributed by atoms with E-state index in [9.17, 15) is 14.7 Å². The minimum absolute atomic E-state index is 0. The van der Waals surface area contributed by atoms with Crippen molar-refractivity contribution in [3.05, 3.63) is 58.3 Å². The van der Waals surface area contributed by atoms with Gasteiger partial charge in [-0.05, 0) is 25.1 Å². The number of hydrazone groups is 1. The number of nitrogens with zero attached hydrogens (tertiary/aromatic N) is 2. The first kappa shape index (κ1) is 21.8. The summed E-state index contributed by atoms with van der Waals surface area (Å²) in [6.45, 7) is 2.14. The van der Waals surface area contributed by atoms with E-state index in [0.29, 0.717) is 17.7 Å². The molecule has 138 valence electrons. The smallest absolute Gasteiger partial charge is 0.372 e. The van der Waals surface area contributed by atoms with E-state index in [1.165, 1.54) is 12.3 Å². The van der Waals surface area contributed by atoms with Gasteiger partial charge in [-0.25, -0.2) is 10.2 Å². The van der Waals surface area contributed by atoms with Gasteiger partial charge in [-0.3, -0.25) is 4.79 Å². The molecule has 0 saturated heterocycles. The largest absolute Gasteiger partial charge is 1.00 e. The van der Waals surface area contributed by atoms with Crippen LogP contribution in [0.25, 0.3) is 0 Å². The number of nitrogens with one attached hydrogen (secondary N) is 1. The maximum atomic E-state index is 12.0. The summed E-state index contributed by atoms with van der Waals surface area (Å²) in [4.78, 5) is 23.4. The number of ether oxygens (including phenoxy) is 1. The number of hydrogen-bond acceptors (Lipinski definition) is 5. The Hall–Kier alpha value is -2.26. The highest BCUT2D eigenvalue weighted by Crippen LogP contribution is 2.19. The van der Waals surface area contributed by atoms with E-state index in [0.717, 1.165) is 4.47 Å². The van der Waals surface area contributed by atoms with Crippen LogP contribution < -0.4 is 27.0 Å². The van der Waals surface area contributed by atoms with E-state index >= 15 is 0 Å². The summed E-state index contributed by atoms with van der Waals surface area (Å²) >= 11 is 3.29. The van der Waals surface area contributed by atoms with Crippen molar-refractivity contribution in [1.82, 2.24) is 5.43 Å². The number of esters is 1. The molecule has 0 unspecified atom stereocenters. The molecule has 1 aromatic heterocycles. The lowest BCUT2D eigenvalue weighted by Gasteiger charge is -2.01. The van der Waals surface area contributed by atoms with Crippen molar-refractivity contribution in [3.63, 3.8) is 0 Å². The number of carbonyl (C=O) groups is 2. The molecule has 0 saturated carbocycles. The van der Waals surface area contributed by atoms with Crippen molar-refractivity contribution in [2.75, 3.05) is 6.61 Å². The molecule has 0 aliphatic carbocycles. The van der Waals surface area contributed by atoms with Gasteiger partial charge in [-0.1, -0.05) is 15.9 Å². The SMILES string of the molecule is CCOC(=O)C[n+]1ccc(C(=O)N/N=C/c2cc(Br)ccc2O)cc1.[Br-]. The third kappa shape index (κ3) is 6.57. The van der Waals surface area contributed by atoms with E-state index in [4.69, 9.17) is 4.74 Å². The minimum Gasteiger partial charge on any atom is -1.00 e. The Balaban J connectivity index is 0.00000338. The van der Waals surface area contributed by atoms with Gasteiger partial charge in [0.1, 0.15) is 5.75 Å². The van der Waals surface area contributed by atoms with Gasteiger partial charge in [0.15, 0.2) is 12.4 Å². The van der Waals surface area contributed by atoms with Crippen molar-refractivity contribution in [2.24, 2.45) is 5.10 Å². The Labute approximate surface area is 169 Å². The predicted molar refractivity (Wildman–Crippen MR) is 94.1 cm³/mol. The quantitative estimate of drug-likeness (QED) is 0.231. The van der Waals surface area contributed by atoms with Crippen LogP contribution in [-0.4, -0.2) is 29.8 Å². The Morgan fingerprint density at radius 3 is 2.65 bits per heavy atom. The Morgan fingerprint density at radius 2 is 2.00 bits per heavy atom. The van der Waals surface area contributed by atoms with Gasteiger partial charge < -0.3 is 26.8 Å². The zero-order valence-corrected chi connectivity index (χ0v) is 17.0. The average Bonchev–Trinajstić information content (AvgIpc) is 2.58. The highest BCUT2D eigenvalue weighted by atomic mass is 79.9. The average molecular weight is 487 g/mol. The number of hydrogen-bond donors (Lipinski definition) is 2. The van der Waals surface area contributed by atoms with Crippen LogP contribution in [0.15, 0.2) is 52.3 Å². The van der Waals surface area contributed by atoms with Crippen molar-refractivity contribution in [1.29, 1.82) is 0 Å². The third-order valence-electron chi connectivity index (χ3n) is 3.13. The number of aromatic nitrogens is 1. The summed E-state index contributed by atoms with van der Waals surface area (Å²) in [6.07, 6.45) is 4.56. The van der Waals surface area contributed by atoms with Crippen LogP contribution in [0.1, 0.15) is 22.8 Å². The molecular formula is C17H17Br2N3O4. The molecule has 1 amide bonds. The molecule has 0 atom stereocenters. The van der Waals surface area contributed by atoms with Crippen LogP contribution >= 0.6 is 15.9 Å². The second-order valence-electron chi connectivity index (χ2n) is 4.97. The molecule has 1 heterocycles. The van der Waals surface area contributed by atoms with E-state index in [1.807, 2.05) is 0 Å². The van der Waals surface area contributed by atoms with Crippen LogP contribution in [0.5, 0.6) is 5.75 Å². The fraction of sp³-hybridized carbons (Fsp3) is 0.176. The summed E-state index contributed by atoms with van der Waals surface area (Å²) in [6, 6.07) is 8.03. The standard InChI is InChI=1S/C17H16BrN3O4.BrH/c1-2-25-16(23)11-21-7-5-12(6-8-21)17(24)20-19-10-13-9-14(18)3-4-15(13)22;/h3-10,24H,2,11H2,1H3;1H. The summed E-state index contributed by atoms with van der Waals surface area (Å²) < 4.78 is 7.25. The first-order valence-electron chi connectivity index (χ1n) is 7.46.